The predicted octanol–water partition coefficient (Wildman–Crippen LogP) is 8.89. The minimum atomic E-state index is 0.977. The molecule has 4 bridgehead atoms. The average Bonchev–Trinajstić information content (AvgIpc) is 3.15. The fourth-order valence-corrected chi connectivity index (χ4v) is 9.73. The third kappa shape index (κ3) is 4.77. The maximum atomic E-state index is 2.60. The van der Waals surface area contributed by atoms with E-state index in [0.717, 1.165) is 53.3 Å². The van der Waals surface area contributed by atoms with Crippen molar-refractivity contribution >= 4 is 0 Å². The summed E-state index contributed by atoms with van der Waals surface area (Å²) in [6.45, 7) is 5.16. The van der Waals surface area contributed by atoms with E-state index < -0.39 is 0 Å². The van der Waals surface area contributed by atoms with Crippen LogP contribution in [0.1, 0.15) is 123 Å². The SMILES string of the molecule is CC1CCCCCCC(C)C(CCC2CCC(C3C4CC5CC(C4)CC3C5)C2)C1. The first-order valence-electron chi connectivity index (χ1n) is 14.2. The van der Waals surface area contributed by atoms with Crippen LogP contribution in [-0.4, -0.2) is 0 Å². The fraction of sp³-hybridized carbons (Fsp3) is 1.00. The van der Waals surface area contributed by atoms with E-state index in [9.17, 15) is 0 Å². The molecule has 5 unspecified atom stereocenters. The molecule has 29 heavy (non-hydrogen) atoms. The van der Waals surface area contributed by atoms with Gasteiger partial charge in [-0.1, -0.05) is 65.2 Å². The summed E-state index contributed by atoms with van der Waals surface area (Å²) in [6, 6.07) is 0. The van der Waals surface area contributed by atoms with E-state index in [4.69, 9.17) is 0 Å². The van der Waals surface area contributed by atoms with Crippen LogP contribution in [0.2, 0.25) is 0 Å². The van der Waals surface area contributed by atoms with Crippen molar-refractivity contribution in [2.45, 2.75) is 123 Å². The van der Waals surface area contributed by atoms with Gasteiger partial charge in [0.05, 0.1) is 0 Å². The van der Waals surface area contributed by atoms with Gasteiger partial charge in [0.1, 0.15) is 0 Å². The van der Waals surface area contributed by atoms with Crippen molar-refractivity contribution in [2.24, 2.45) is 59.2 Å². The van der Waals surface area contributed by atoms with Crippen LogP contribution in [0.15, 0.2) is 0 Å². The Morgan fingerprint density at radius 3 is 1.97 bits per heavy atom. The highest BCUT2D eigenvalue weighted by Gasteiger charge is 2.51. The van der Waals surface area contributed by atoms with E-state index >= 15 is 0 Å². The molecule has 0 amide bonds. The summed E-state index contributed by atoms with van der Waals surface area (Å²) in [5.74, 6) is 11.0. The smallest absolute Gasteiger partial charge is 0.0328 e. The molecular weight excluding hydrogens is 348 g/mol. The minimum Gasteiger partial charge on any atom is -0.0625 e. The van der Waals surface area contributed by atoms with Crippen LogP contribution in [0, 0.1) is 59.2 Å². The predicted molar refractivity (Wildman–Crippen MR) is 125 cm³/mol. The molecular formula is C29H50. The summed E-state index contributed by atoms with van der Waals surface area (Å²) < 4.78 is 0. The van der Waals surface area contributed by atoms with Crippen LogP contribution in [-0.2, 0) is 0 Å². The van der Waals surface area contributed by atoms with Crippen LogP contribution in [0.5, 0.6) is 0 Å². The molecule has 0 aliphatic heterocycles. The second-order valence-corrected chi connectivity index (χ2v) is 13.1. The molecule has 0 heteroatoms. The van der Waals surface area contributed by atoms with E-state index in [0.29, 0.717) is 0 Å². The van der Waals surface area contributed by atoms with Crippen molar-refractivity contribution in [3.05, 3.63) is 0 Å². The third-order valence-corrected chi connectivity index (χ3v) is 11.0. The molecule has 6 rings (SSSR count). The van der Waals surface area contributed by atoms with Gasteiger partial charge in [-0.15, -0.1) is 0 Å². The largest absolute Gasteiger partial charge is 0.0625 e. The van der Waals surface area contributed by atoms with Gasteiger partial charge in [0, 0.05) is 0 Å². The molecule has 6 aliphatic carbocycles. The lowest BCUT2D eigenvalue weighted by atomic mass is 9.49. The Balaban J connectivity index is 1.13. The molecule has 6 fully saturated rings. The summed E-state index contributed by atoms with van der Waals surface area (Å²) in [5.41, 5.74) is 0. The summed E-state index contributed by atoms with van der Waals surface area (Å²) in [4.78, 5) is 0. The van der Waals surface area contributed by atoms with Gasteiger partial charge in [0.2, 0.25) is 0 Å². The van der Waals surface area contributed by atoms with Gasteiger partial charge in [0.25, 0.3) is 0 Å². The van der Waals surface area contributed by atoms with Gasteiger partial charge in [-0.2, -0.15) is 0 Å². The van der Waals surface area contributed by atoms with Gasteiger partial charge in [-0.05, 0) is 117 Å². The second kappa shape index (κ2) is 9.24. The third-order valence-electron chi connectivity index (χ3n) is 11.0. The van der Waals surface area contributed by atoms with Crippen LogP contribution >= 0.6 is 0 Å². The monoisotopic (exact) mass is 398 g/mol. The number of rotatable bonds is 4. The molecule has 0 aromatic carbocycles. The minimum absolute atomic E-state index is 0.977. The van der Waals surface area contributed by atoms with Gasteiger partial charge in [-0.25, -0.2) is 0 Å². The van der Waals surface area contributed by atoms with Crippen LogP contribution in [0.3, 0.4) is 0 Å². The van der Waals surface area contributed by atoms with Crippen molar-refractivity contribution in [2.75, 3.05) is 0 Å². The summed E-state index contributed by atoms with van der Waals surface area (Å²) in [6.07, 6.45) is 26.7. The van der Waals surface area contributed by atoms with Gasteiger partial charge >= 0.3 is 0 Å². The van der Waals surface area contributed by atoms with Gasteiger partial charge in [0.15, 0.2) is 0 Å². The van der Waals surface area contributed by atoms with Crippen LogP contribution in [0.25, 0.3) is 0 Å². The highest BCUT2D eigenvalue weighted by atomic mass is 14.6. The molecule has 0 spiro atoms. The van der Waals surface area contributed by atoms with E-state index in [1.807, 2.05) is 0 Å². The van der Waals surface area contributed by atoms with Crippen molar-refractivity contribution in [3.63, 3.8) is 0 Å². The first-order chi connectivity index (χ1) is 14.2. The topological polar surface area (TPSA) is 0 Å². The van der Waals surface area contributed by atoms with Crippen molar-refractivity contribution in [3.8, 4) is 0 Å². The first kappa shape index (κ1) is 20.9. The van der Waals surface area contributed by atoms with Gasteiger partial charge in [-0.3, -0.25) is 0 Å². The van der Waals surface area contributed by atoms with E-state index in [2.05, 4.69) is 13.8 Å². The Labute approximate surface area is 182 Å². The summed E-state index contributed by atoms with van der Waals surface area (Å²) in [5, 5.41) is 0. The van der Waals surface area contributed by atoms with Crippen LogP contribution in [0.4, 0.5) is 0 Å². The molecule has 6 saturated carbocycles. The number of hydrogen-bond donors (Lipinski definition) is 0. The average molecular weight is 399 g/mol. The lowest BCUT2D eigenvalue weighted by Gasteiger charge is -2.56. The van der Waals surface area contributed by atoms with Crippen molar-refractivity contribution in [1.29, 1.82) is 0 Å². The Bertz CT molecular complexity index is 492. The Hall–Kier alpha value is 0. The maximum absolute atomic E-state index is 2.60. The van der Waals surface area contributed by atoms with E-state index in [1.165, 1.54) is 50.9 Å². The van der Waals surface area contributed by atoms with Crippen molar-refractivity contribution < 1.29 is 0 Å². The molecule has 166 valence electrons. The molecule has 5 atom stereocenters. The maximum Gasteiger partial charge on any atom is -0.0328 e. The molecule has 0 aromatic rings. The zero-order valence-electron chi connectivity index (χ0n) is 19.8. The fourth-order valence-electron chi connectivity index (χ4n) is 9.73. The zero-order chi connectivity index (χ0) is 19.8. The highest BCUT2D eigenvalue weighted by Crippen LogP contribution is 2.60. The molecule has 0 heterocycles. The number of hydrogen-bond acceptors (Lipinski definition) is 0. The molecule has 0 aromatic heterocycles. The van der Waals surface area contributed by atoms with Crippen molar-refractivity contribution in [1.82, 2.24) is 0 Å². The first-order valence-corrected chi connectivity index (χ1v) is 14.2. The lowest BCUT2D eigenvalue weighted by Crippen LogP contribution is -2.47. The summed E-state index contributed by atoms with van der Waals surface area (Å²) in [7, 11) is 0. The summed E-state index contributed by atoms with van der Waals surface area (Å²) >= 11 is 0. The quantitative estimate of drug-likeness (QED) is 0.443. The van der Waals surface area contributed by atoms with Crippen LogP contribution < -0.4 is 0 Å². The Kier molecular flexibility index (Phi) is 6.65. The Morgan fingerprint density at radius 1 is 0.552 bits per heavy atom. The molecule has 6 aliphatic rings. The normalized spacial score (nSPS) is 50.7. The molecule has 0 radical (unpaired) electrons. The molecule has 0 saturated heterocycles. The lowest BCUT2D eigenvalue weighted by molar-refractivity contribution is -0.0611. The highest BCUT2D eigenvalue weighted by molar-refractivity contribution is 5.01. The zero-order valence-corrected chi connectivity index (χ0v) is 19.8. The molecule has 0 nitrogen and oxygen atoms in total. The van der Waals surface area contributed by atoms with E-state index in [-0.39, 0.29) is 0 Å². The second-order valence-electron chi connectivity index (χ2n) is 13.1. The van der Waals surface area contributed by atoms with Gasteiger partial charge < -0.3 is 0 Å². The molecule has 0 N–H and O–H groups in total. The standard InChI is InChI=1S/C29H50/c1-20-7-5-3-4-6-8-21(2)25(13-20)11-9-22-10-12-26(15-22)29-27-16-23-14-24(18-27)19-28(29)17-23/h20-29H,3-19H2,1-2H3. The van der Waals surface area contributed by atoms with E-state index in [1.54, 1.807) is 64.2 Å². The Morgan fingerprint density at radius 2 is 1.24 bits per heavy atom.